The third kappa shape index (κ3) is 4.66. The lowest BCUT2D eigenvalue weighted by atomic mass is 10.1. The maximum Gasteiger partial charge on any atom is 0.387 e. The van der Waals surface area contributed by atoms with E-state index in [9.17, 15) is 13.6 Å². The molecule has 1 aliphatic rings. The lowest BCUT2D eigenvalue weighted by Gasteiger charge is -2.12. The number of methoxy groups -OCH3 is 1. The van der Waals surface area contributed by atoms with Crippen LogP contribution >= 0.6 is 0 Å². The highest BCUT2D eigenvalue weighted by Crippen LogP contribution is 2.33. The highest BCUT2D eigenvalue weighted by molar-refractivity contribution is 5.92. The zero-order valence-electron chi connectivity index (χ0n) is 14.4. The number of fused-ring (bicyclic) bond motifs is 1. The van der Waals surface area contributed by atoms with Crippen LogP contribution in [0.4, 0.5) is 8.78 Å². The van der Waals surface area contributed by atoms with Crippen molar-refractivity contribution in [2.75, 3.05) is 13.9 Å². The van der Waals surface area contributed by atoms with E-state index in [0.717, 1.165) is 5.56 Å². The van der Waals surface area contributed by atoms with Crippen molar-refractivity contribution in [2.45, 2.75) is 13.2 Å². The lowest BCUT2D eigenvalue weighted by Crippen LogP contribution is -2.20. The SMILES string of the molecule is COc1cccc(/C=C/C(=O)NCc2ccc3c(c2)OCO3)c1OC(F)F. The van der Waals surface area contributed by atoms with E-state index in [2.05, 4.69) is 10.1 Å². The Bertz CT molecular complexity index is 854. The molecule has 0 spiro atoms. The first kappa shape index (κ1) is 18.5. The minimum absolute atomic E-state index is 0.130. The molecule has 0 saturated carbocycles. The molecule has 2 aromatic carbocycles. The van der Waals surface area contributed by atoms with Gasteiger partial charge in [-0.05, 0) is 29.8 Å². The van der Waals surface area contributed by atoms with Crippen LogP contribution in [0.5, 0.6) is 23.0 Å². The monoisotopic (exact) mass is 377 g/mol. The fraction of sp³-hybridized carbons (Fsp3) is 0.211. The number of alkyl halides is 2. The van der Waals surface area contributed by atoms with Crippen LogP contribution in [0.15, 0.2) is 42.5 Å². The van der Waals surface area contributed by atoms with E-state index >= 15 is 0 Å². The van der Waals surface area contributed by atoms with E-state index < -0.39 is 12.5 Å². The summed E-state index contributed by atoms with van der Waals surface area (Å²) >= 11 is 0. The predicted octanol–water partition coefficient (Wildman–Crippen LogP) is 3.35. The van der Waals surface area contributed by atoms with Crippen LogP contribution in [0.2, 0.25) is 0 Å². The number of benzene rings is 2. The van der Waals surface area contributed by atoms with Crippen LogP contribution in [0.3, 0.4) is 0 Å². The van der Waals surface area contributed by atoms with Gasteiger partial charge in [0.1, 0.15) is 0 Å². The summed E-state index contributed by atoms with van der Waals surface area (Å²) in [6, 6.07) is 10.0. The average Bonchev–Trinajstić information content (AvgIpc) is 3.12. The Morgan fingerprint density at radius 2 is 2.07 bits per heavy atom. The lowest BCUT2D eigenvalue weighted by molar-refractivity contribution is -0.116. The molecule has 1 N–H and O–H groups in total. The quantitative estimate of drug-likeness (QED) is 0.750. The molecule has 0 aromatic heterocycles. The maximum absolute atomic E-state index is 12.6. The summed E-state index contributed by atoms with van der Waals surface area (Å²) in [7, 11) is 1.35. The number of nitrogens with one attached hydrogen (secondary N) is 1. The van der Waals surface area contributed by atoms with E-state index in [1.54, 1.807) is 24.3 Å². The molecule has 27 heavy (non-hydrogen) atoms. The van der Waals surface area contributed by atoms with Crippen LogP contribution in [0.1, 0.15) is 11.1 Å². The first-order valence-electron chi connectivity index (χ1n) is 8.03. The van der Waals surface area contributed by atoms with Crippen molar-refractivity contribution in [3.8, 4) is 23.0 Å². The van der Waals surface area contributed by atoms with E-state index in [0.29, 0.717) is 17.1 Å². The number of carbonyl (C=O) groups is 1. The van der Waals surface area contributed by atoms with E-state index in [-0.39, 0.29) is 24.8 Å². The van der Waals surface area contributed by atoms with Crippen molar-refractivity contribution in [3.63, 3.8) is 0 Å². The molecule has 8 heteroatoms. The number of ether oxygens (including phenoxy) is 4. The molecule has 2 aromatic rings. The van der Waals surface area contributed by atoms with Gasteiger partial charge in [0.05, 0.1) is 7.11 Å². The average molecular weight is 377 g/mol. The molecule has 1 aliphatic heterocycles. The van der Waals surface area contributed by atoms with Gasteiger partial charge in [-0.3, -0.25) is 4.79 Å². The third-order valence-electron chi connectivity index (χ3n) is 3.75. The molecular weight excluding hydrogens is 360 g/mol. The number of hydrogen-bond acceptors (Lipinski definition) is 5. The predicted molar refractivity (Wildman–Crippen MR) is 93.1 cm³/mol. The molecule has 6 nitrogen and oxygen atoms in total. The standard InChI is InChI=1S/C19H17F2NO5/c1-24-15-4-2-3-13(18(15)27-19(20)21)6-8-17(23)22-10-12-5-7-14-16(9-12)26-11-25-14/h2-9,19H,10-11H2,1H3,(H,22,23)/b8-6+. The van der Waals surface area contributed by atoms with Gasteiger partial charge >= 0.3 is 6.61 Å². The summed E-state index contributed by atoms with van der Waals surface area (Å²) < 4.78 is 45.3. The van der Waals surface area contributed by atoms with Gasteiger partial charge in [-0.2, -0.15) is 8.78 Å². The van der Waals surface area contributed by atoms with Crippen LogP contribution in [0, 0.1) is 0 Å². The second-order valence-corrected chi connectivity index (χ2v) is 5.50. The zero-order valence-corrected chi connectivity index (χ0v) is 14.4. The van der Waals surface area contributed by atoms with Crippen molar-refractivity contribution < 1.29 is 32.5 Å². The van der Waals surface area contributed by atoms with E-state index in [4.69, 9.17) is 14.2 Å². The van der Waals surface area contributed by atoms with Crippen LogP contribution in [-0.4, -0.2) is 26.4 Å². The first-order chi connectivity index (χ1) is 13.1. The number of amides is 1. The van der Waals surface area contributed by atoms with Crippen LogP contribution in [-0.2, 0) is 11.3 Å². The highest BCUT2D eigenvalue weighted by Gasteiger charge is 2.15. The van der Waals surface area contributed by atoms with Crippen molar-refractivity contribution in [3.05, 3.63) is 53.6 Å². The van der Waals surface area contributed by atoms with E-state index in [1.807, 2.05) is 6.07 Å². The van der Waals surface area contributed by atoms with Crippen molar-refractivity contribution in [1.82, 2.24) is 5.32 Å². The Kier molecular flexibility index (Phi) is 5.75. The molecule has 0 atom stereocenters. The van der Waals surface area contributed by atoms with Crippen molar-refractivity contribution in [2.24, 2.45) is 0 Å². The minimum Gasteiger partial charge on any atom is -0.493 e. The number of halogens is 2. The molecule has 0 unspecified atom stereocenters. The molecule has 1 heterocycles. The Morgan fingerprint density at radius 1 is 1.26 bits per heavy atom. The zero-order chi connectivity index (χ0) is 19.2. The molecule has 142 valence electrons. The van der Waals surface area contributed by atoms with Gasteiger partial charge in [-0.25, -0.2) is 0 Å². The molecular formula is C19H17F2NO5. The largest absolute Gasteiger partial charge is 0.493 e. The Balaban J connectivity index is 1.64. The van der Waals surface area contributed by atoms with Gasteiger partial charge < -0.3 is 24.3 Å². The second-order valence-electron chi connectivity index (χ2n) is 5.50. The summed E-state index contributed by atoms with van der Waals surface area (Å²) in [6.45, 7) is -2.55. The fourth-order valence-corrected chi connectivity index (χ4v) is 2.50. The highest BCUT2D eigenvalue weighted by atomic mass is 19.3. The minimum atomic E-state index is -3.01. The smallest absolute Gasteiger partial charge is 0.387 e. The normalized spacial score (nSPS) is 12.4. The van der Waals surface area contributed by atoms with Gasteiger partial charge in [0.2, 0.25) is 12.7 Å². The molecule has 3 rings (SSSR count). The third-order valence-corrected chi connectivity index (χ3v) is 3.75. The number of para-hydroxylation sites is 1. The van der Waals surface area contributed by atoms with Gasteiger partial charge in [-0.15, -0.1) is 0 Å². The van der Waals surface area contributed by atoms with Gasteiger partial charge in [0.15, 0.2) is 23.0 Å². The molecule has 0 saturated heterocycles. The Hall–Kier alpha value is -3.29. The second kappa shape index (κ2) is 8.39. The first-order valence-corrected chi connectivity index (χ1v) is 8.03. The van der Waals surface area contributed by atoms with Gasteiger partial charge in [0, 0.05) is 18.2 Å². The molecule has 1 amide bonds. The number of carbonyl (C=O) groups excluding carboxylic acids is 1. The molecule has 0 fully saturated rings. The van der Waals surface area contributed by atoms with Crippen molar-refractivity contribution >= 4 is 12.0 Å². The molecule has 0 radical (unpaired) electrons. The summed E-state index contributed by atoms with van der Waals surface area (Å²) in [5, 5.41) is 2.71. The van der Waals surface area contributed by atoms with Gasteiger partial charge in [0.25, 0.3) is 0 Å². The summed E-state index contributed by atoms with van der Waals surface area (Å²) in [4.78, 5) is 12.0. The number of hydrogen-bond donors (Lipinski definition) is 1. The summed E-state index contributed by atoms with van der Waals surface area (Å²) in [5.74, 6) is 0.920. The fourth-order valence-electron chi connectivity index (χ4n) is 2.50. The maximum atomic E-state index is 12.6. The molecule has 0 bridgehead atoms. The van der Waals surface area contributed by atoms with Crippen LogP contribution < -0.4 is 24.3 Å². The van der Waals surface area contributed by atoms with Crippen molar-refractivity contribution in [1.29, 1.82) is 0 Å². The summed E-state index contributed by atoms with van der Waals surface area (Å²) in [6.07, 6.45) is 2.62. The Labute approximate surface area is 154 Å². The Morgan fingerprint density at radius 3 is 2.85 bits per heavy atom. The van der Waals surface area contributed by atoms with Gasteiger partial charge in [-0.1, -0.05) is 18.2 Å². The van der Waals surface area contributed by atoms with Crippen LogP contribution in [0.25, 0.3) is 6.08 Å². The molecule has 0 aliphatic carbocycles. The number of rotatable bonds is 7. The van der Waals surface area contributed by atoms with E-state index in [1.165, 1.54) is 25.3 Å². The summed E-state index contributed by atoms with van der Waals surface area (Å²) in [5.41, 5.74) is 1.14. The topological polar surface area (TPSA) is 66.0 Å².